The van der Waals surface area contributed by atoms with Crippen molar-refractivity contribution < 1.29 is 9.47 Å². The highest BCUT2D eigenvalue weighted by Crippen LogP contribution is 2.25. The summed E-state index contributed by atoms with van der Waals surface area (Å²) in [6.45, 7) is 4.27. The summed E-state index contributed by atoms with van der Waals surface area (Å²) in [5.41, 5.74) is 0. The lowest BCUT2D eigenvalue weighted by Gasteiger charge is -2.20. The topological polar surface area (TPSA) is 18.5 Å². The second kappa shape index (κ2) is 6.44. The predicted octanol–water partition coefficient (Wildman–Crippen LogP) is 2.54. The zero-order valence-corrected chi connectivity index (χ0v) is 7.97. The van der Waals surface area contributed by atoms with Crippen LogP contribution in [-0.2, 0) is 9.47 Å². The Morgan fingerprint density at radius 3 is 2.50 bits per heavy atom. The molecule has 0 aromatic heterocycles. The van der Waals surface area contributed by atoms with Gasteiger partial charge in [-0.15, -0.1) is 0 Å². The van der Waals surface area contributed by atoms with Gasteiger partial charge in [0.25, 0.3) is 0 Å². The summed E-state index contributed by atoms with van der Waals surface area (Å²) in [4.78, 5) is 0. The fourth-order valence-corrected chi connectivity index (χ4v) is 1.48. The Kier molecular flexibility index (Phi) is 5.37. The first-order chi connectivity index (χ1) is 5.93. The lowest BCUT2D eigenvalue weighted by Crippen LogP contribution is -2.12. The smallest absolute Gasteiger partial charge is 0.0971 e. The summed E-state index contributed by atoms with van der Waals surface area (Å²) < 4.78 is 10.8. The van der Waals surface area contributed by atoms with Crippen LogP contribution in [-0.4, -0.2) is 19.8 Å². The van der Waals surface area contributed by atoms with Gasteiger partial charge in [0.2, 0.25) is 0 Å². The summed E-state index contributed by atoms with van der Waals surface area (Å²) in [6, 6.07) is 0. The molecule has 0 aromatic rings. The van der Waals surface area contributed by atoms with Gasteiger partial charge in [-0.2, -0.15) is 0 Å². The van der Waals surface area contributed by atoms with Crippen molar-refractivity contribution in [1.29, 1.82) is 0 Å². The van der Waals surface area contributed by atoms with Crippen LogP contribution in [0.4, 0.5) is 0 Å². The Morgan fingerprint density at radius 2 is 1.83 bits per heavy atom. The summed E-state index contributed by atoms with van der Waals surface area (Å²) >= 11 is 0. The molecular formula is C10H19O2. The van der Waals surface area contributed by atoms with E-state index in [9.17, 15) is 0 Å². The highest BCUT2D eigenvalue weighted by atomic mass is 16.5. The molecule has 1 rings (SSSR count). The second-order valence-electron chi connectivity index (χ2n) is 3.14. The highest BCUT2D eigenvalue weighted by molar-refractivity contribution is 4.81. The highest BCUT2D eigenvalue weighted by Gasteiger charge is 2.13. The number of ether oxygens (including phenoxy) is 2. The number of hydrogen-bond donors (Lipinski definition) is 0. The Hall–Kier alpha value is -0.0800. The average Bonchev–Trinajstić information content (AvgIpc) is 2.14. The van der Waals surface area contributed by atoms with E-state index in [1.807, 2.05) is 6.92 Å². The van der Waals surface area contributed by atoms with Crippen molar-refractivity contribution >= 4 is 0 Å². The van der Waals surface area contributed by atoms with Crippen molar-refractivity contribution in [3.63, 3.8) is 0 Å². The van der Waals surface area contributed by atoms with E-state index >= 15 is 0 Å². The number of rotatable bonds is 5. The lowest BCUT2D eigenvalue weighted by atomic mass is 9.98. The minimum Gasteiger partial charge on any atom is -0.379 e. The molecule has 1 saturated carbocycles. The van der Waals surface area contributed by atoms with Crippen molar-refractivity contribution in [1.82, 2.24) is 0 Å². The minimum atomic E-state index is 0.736. The van der Waals surface area contributed by atoms with E-state index < -0.39 is 0 Å². The van der Waals surface area contributed by atoms with Crippen LogP contribution in [0.2, 0.25) is 0 Å². The first-order valence-corrected chi connectivity index (χ1v) is 4.98. The van der Waals surface area contributed by atoms with Crippen LogP contribution in [0.15, 0.2) is 0 Å². The fourth-order valence-electron chi connectivity index (χ4n) is 1.48. The van der Waals surface area contributed by atoms with E-state index in [4.69, 9.17) is 9.47 Å². The third kappa shape index (κ3) is 4.07. The zero-order valence-electron chi connectivity index (χ0n) is 7.97. The summed E-state index contributed by atoms with van der Waals surface area (Å²) in [5, 5.41) is 0. The molecule has 0 aliphatic heterocycles. The molecule has 71 valence electrons. The van der Waals surface area contributed by atoms with E-state index in [0.29, 0.717) is 0 Å². The van der Waals surface area contributed by atoms with E-state index in [1.165, 1.54) is 38.2 Å². The molecule has 2 heteroatoms. The van der Waals surface area contributed by atoms with Gasteiger partial charge in [0.05, 0.1) is 19.3 Å². The van der Waals surface area contributed by atoms with Gasteiger partial charge >= 0.3 is 0 Å². The SMILES string of the molecule is CCOCCO[C]1CCCCC1. The molecule has 0 bridgehead atoms. The normalized spacial score (nSPS) is 19.8. The molecule has 0 heterocycles. The fraction of sp³-hybridized carbons (Fsp3) is 0.900. The molecule has 0 aromatic carbocycles. The number of hydrogen-bond acceptors (Lipinski definition) is 2. The van der Waals surface area contributed by atoms with E-state index in [0.717, 1.165) is 19.8 Å². The molecular weight excluding hydrogens is 152 g/mol. The standard InChI is InChI=1S/C10H19O2/c1-2-11-8-9-12-10-6-4-3-5-7-10/h2-9H2,1H3. The van der Waals surface area contributed by atoms with Gasteiger partial charge in [0.15, 0.2) is 0 Å². The molecule has 0 unspecified atom stereocenters. The molecule has 0 amide bonds. The first-order valence-electron chi connectivity index (χ1n) is 4.98. The molecule has 0 N–H and O–H groups in total. The van der Waals surface area contributed by atoms with Gasteiger partial charge in [0, 0.05) is 6.61 Å². The van der Waals surface area contributed by atoms with Gasteiger partial charge in [-0.1, -0.05) is 19.3 Å². The minimum absolute atomic E-state index is 0.736. The van der Waals surface area contributed by atoms with Gasteiger partial charge < -0.3 is 9.47 Å². The third-order valence-corrected chi connectivity index (χ3v) is 2.15. The van der Waals surface area contributed by atoms with Gasteiger partial charge in [-0.05, 0) is 19.8 Å². The molecule has 1 aliphatic rings. The monoisotopic (exact) mass is 171 g/mol. The Morgan fingerprint density at radius 1 is 1.08 bits per heavy atom. The zero-order chi connectivity index (χ0) is 8.65. The van der Waals surface area contributed by atoms with Crippen LogP contribution in [0.3, 0.4) is 0 Å². The van der Waals surface area contributed by atoms with Crippen LogP contribution in [0.5, 0.6) is 0 Å². The maximum Gasteiger partial charge on any atom is 0.0971 e. The second-order valence-corrected chi connectivity index (χ2v) is 3.14. The Bertz CT molecular complexity index is 98.0. The van der Waals surface area contributed by atoms with Crippen LogP contribution >= 0.6 is 0 Å². The quantitative estimate of drug-likeness (QED) is 0.592. The molecule has 0 saturated heterocycles. The van der Waals surface area contributed by atoms with Crippen molar-refractivity contribution in [2.24, 2.45) is 0 Å². The van der Waals surface area contributed by atoms with Gasteiger partial charge in [0.1, 0.15) is 0 Å². The average molecular weight is 171 g/mol. The van der Waals surface area contributed by atoms with Gasteiger partial charge in [-0.3, -0.25) is 0 Å². The molecule has 0 spiro atoms. The Labute approximate surface area is 75.2 Å². The van der Waals surface area contributed by atoms with Gasteiger partial charge in [-0.25, -0.2) is 0 Å². The van der Waals surface area contributed by atoms with Crippen LogP contribution in [0.1, 0.15) is 39.0 Å². The van der Waals surface area contributed by atoms with E-state index in [2.05, 4.69) is 0 Å². The Balaban J connectivity index is 1.91. The summed E-state index contributed by atoms with van der Waals surface area (Å²) in [5.74, 6) is 0. The van der Waals surface area contributed by atoms with E-state index in [-0.39, 0.29) is 0 Å². The predicted molar refractivity (Wildman–Crippen MR) is 48.8 cm³/mol. The largest absolute Gasteiger partial charge is 0.379 e. The first kappa shape index (κ1) is 10.0. The molecule has 12 heavy (non-hydrogen) atoms. The van der Waals surface area contributed by atoms with Crippen LogP contribution < -0.4 is 0 Å². The molecule has 0 atom stereocenters. The summed E-state index contributed by atoms with van der Waals surface area (Å²) in [6.07, 6.45) is 7.63. The molecule has 1 radical (unpaired) electrons. The molecule has 2 nitrogen and oxygen atoms in total. The van der Waals surface area contributed by atoms with E-state index in [1.54, 1.807) is 0 Å². The van der Waals surface area contributed by atoms with Crippen molar-refractivity contribution in [2.75, 3.05) is 19.8 Å². The van der Waals surface area contributed by atoms with Crippen molar-refractivity contribution in [3.05, 3.63) is 6.10 Å². The molecule has 1 fully saturated rings. The lowest BCUT2D eigenvalue weighted by molar-refractivity contribution is 0.0457. The van der Waals surface area contributed by atoms with Crippen LogP contribution in [0.25, 0.3) is 0 Å². The summed E-state index contributed by atoms with van der Waals surface area (Å²) in [7, 11) is 0. The van der Waals surface area contributed by atoms with Crippen molar-refractivity contribution in [3.8, 4) is 0 Å². The third-order valence-electron chi connectivity index (χ3n) is 2.15. The maximum absolute atomic E-state index is 5.58. The molecule has 1 aliphatic carbocycles. The maximum atomic E-state index is 5.58. The van der Waals surface area contributed by atoms with Crippen molar-refractivity contribution in [2.45, 2.75) is 39.0 Å². The van der Waals surface area contributed by atoms with Crippen LogP contribution in [0, 0.1) is 6.10 Å².